The number of benzene rings is 1. The Morgan fingerprint density at radius 3 is 2.76 bits per heavy atom. The van der Waals surface area contributed by atoms with Crippen LogP contribution in [0.2, 0.25) is 0 Å². The van der Waals surface area contributed by atoms with Crippen molar-refractivity contribution in [3.05, 3.63) is 58.6 Å². The quantitative estimate of drug-likeness (QED) is 0.539. The van der Waals surface area contributed by atoms with E-state index in [1.165, 1.54) is 24.1 Å². The first-order valence-corrected chi connectivity index (χ1v) is 12.3. The lowest BCUT2D eigenvalue weighted by Gasteiger charge is -2.23. The Morgan fingerprint density at radius 1 is 1.18 bits per heavy atom. The molecule has 2 aromatic heterocycles. The Hall–Kier alpha value is -2.84. The number of carbonyl (C=O) groups excluding carboxylic acids is 1. The summed E-state index contributed by atoms with van der Waals surface area (Å²) in [6.45, 7) is 4.98. The molecule has 1 aliphatic carbocycles. The van der Waals surface area contributed by atoms with E-state index in [1.807, 2.05) is 32.2 Å². The van der Waals surface area contributed by atoms with Gasteiger partial charge in [0.25, 0.3) is 5.91 Å². The highest BCUT2D eigenvalue weighted by Gasteiger charge is 2.27. The van der Waals surface area contributed by atoms with Crippen molar-refractivity contribution in [2.45, 2.75) is 57.6 Å². The molecular weight excluding hydrogens is 436 g/mol. The molecule has 1 N–H and O–H groups in total. The third-order valence-electron chi connectivity index (χ3n) is 6.29. The molecule has 33 heavy (non-hydrogen) atoms. The van der Waals surface area contributed by atoms with Gasteiger partial charge in [0.15, 0.2) is 0 Å². The number of aromatic nitrogens is 3. The smallest absolute Gasteiger partial charge is 0.255 e. The number of thiazole rings is 1. The molecular formula is C25H28N4O3S. The van der Waals surface area contributed by atoms with Crippen LogP contribution in [-0.2, 0) is 4.74 Å². The summed E-state index contributed by atoms with van der Waals surface area (Å²) in [6.07, 6.45) is 9.85. The molecule has 0 bridgehead atoms. The molecule has 172 valence electrons. The zero-order chi connectivity index (χ0) is 22.8. The molecule has 3 aromatic rings. The fraction of sp³-hybridized carbons (Fsp3) is 0.440. The summed E-state index contributed by atoms with van der Waals surface area (Å²) in [5.41, 5.74) is 2.89. The van der Waals surface area contributed by atoms with Gasteiger partial charge in [-0.1, -0.05) is 12.5 Å². The number of ether oxygens (including phenoxy) is 2. The number of hydrogen-bond acceptors (Lipinski definition) is 7. The van der Waals surface area contributed by atoms with Crippen molar-refractivity contribution in [3.8, 4) is 16.3 Å². The maximum atomic E-state index is 13.4. The summed E-state index contributed by atoms with van der Waals surface area (Å²) in [7, 11) is 0. The van der Waals surface area contributed by atoms with Crippen LogP contribution in [-0.4, -0.2) is 40.2 Å². The van der Waals surface area contributed by atoms with Crippen LogP contribution >= 0.6 is 11.3 Å². The number of amides is 1. The van der Waals surface area contributed by atoms with Gasteiger partial charge in [0, 0.05) is 23.7 Å². The highest BCUT2D eigenvalue weighted by Crippen LogP contribution is 2.43. The molecule has 5 rings (SSSR count). The highest BCUT2D eigenvalue weighted by molar-refractivity contribution is 7.15. The van der Waals surface area contributed by atoms with Gasteiger partial charge in [-0.25, -0.2) is 4.98 Å². The molecule has 0 radical (unpaired) electrons. The average molecular weight is 465 g/mol. The van der Waals surface area contributed by atoms with Gasteiger partial charge in [-0.2, -0.15) is 0 Å². The summed E-state index contributed by atoms with van der Waals surface area (Å²) < 4.78 is 11.9. The fourth-order valence-electron chi connectivity index (χ4n) is 4.05. The maximum Gasteiger partial charge on any atom is 0.255 e. The third kappa shape index (κ3) is 4.77. The van der Waals surface area contributed by atoms with E-state index < -0.39 is 0 Å². The van der Waals surface area contributed by atoms with Gasteiger partial charge in [-0.15, -0.1) is 11.3 Å². The van der Waals surface area contributed by atoms with E-state index in [4.69, 9.17) is 14.5 Å². The Labute approximate surface area is 197 Å². The monoisotopic (exact) mass is 464 g/mol. The first kappa shape index (κ1) is 22.0. The van der Waals surface area contributed by atoms with Gasteiger partial charge >= 0.3 is 0 Å². The molecule has 2 aliphatic rings. The van der Waals surface area contributed by atoms with Crippen molar-refractivity contribution in [2.75, 3.05) is 13.2 Å². The zero-order valence-electron chi connectivity index (χ0n) is 18.9. The standard InChI is InChI=1S/C25H28N4O3S/c1-15-11-27-21(12-26-15)16(2)29-24(30)19-7-4-8-20(23(19)32-18-9-10-31-14-18)25-28-13-22(33-25)17-5-3-6-17/h4,7-8,11-13,16-18H,3,5-6,9-10,14H2,1-2H3,(H,29,30)/t16-,18-/m1/s1. The van der Waals surface area contributed by atoms with E-state index in [9.17, 15) is 4.79 Å². The van der Waals surface area contributed by atoms with Crippen LogP contribution in [0.25, 0.3) is 10.6 Å². The predicted molar refractivity (Wildman–Crippen MR) is 127 cm³/mol. The number of aryl methyl sites for hydroxylation is 1. The van der Waals surface area contributed by atoms with Crippen LogP contribution in [0.15, 0.2) is 36.8 Å². The van der Waals surface area contributed by atoms with E-state index in [0.717, 1.165) is 22.7 Å². The van der Waals surface area contributed by atoms with Crippen molar-refractivity contribution in [3.63, 3.8) is 0 Å². The molecule has 2 atom stereocenters. The molecule has 1 saturated heterocycles. The molecule has 1 saturated carbocycles. The minimum absolute atomic E-state index is 0.0795. The largest absolute Gasteiger partial charge is 0.486 e. The Balaban J connectivity index is 1.45. The normalized spacial score (nSPS) is 19.2. The van der Waals surface area contributed by atoms with E-state index in [1.54, 1.807) is 29.8 Å². The van der Waals surface area contributed by atoms with Crippen molar-refractivity contribution >= 4 is 17.2 Å². The number of nitrogens with zero attached hydrogens (tertiary/aromatic N) is 3. The third-order valence-corrected chi connectivity index (χ3v) is 7.48. The first-order valence-electron chi connectivity index (χ1n) is 11.5. The average Bonchev–Trinajstić information content (AvgIpc) is 3.45. The van der Waals surface area contributed by atoms with Crippen LogP contribution in [0.4, 0.5) is 0 Å². The van der Waals surface area contributed by atoms with Gasteiger partial charge in [-0.05, 0) is 44.7 Å². The van der Waals surface area contributed by atoms with Crippen LogP contribution in [0.5, 0.6) is 5.75 Å². The lowest BCUT2D eigenvalue weighted by Crippen LogP contribution is -2.28. The van der Waals surface area contributed by atoms with E-state index in [-0.39, 0.29) is 18.1 Å². The Kier molecular flexibility index (Phi) is 6.37. The first-order chi connectivity index (χ1) is 16.1. The Bertz CT molecular complexity index is 1120. The highest BCUT2D eigenvalue weighted by atomic mass is 32.1. The molecule has 2 fully saturated rings. The second-order valence-electron chi connectivity index (χ2n) is 8.76. The number of carbonyl (C=O) groups is 1. The fourth-order valence-corrected chi connectivity index (χ4v) is 5.16. The summed E-state index contributed by atoms with van der Waals surface area (Å²) in [6, 6.07) is 5.39. The molecule has 1 amide bonds. The molecule has 3 heterocycles. The van der Waals surface area contributed by atoms with Crippen molar-refractivity contribution in [2.24, 2.45) is 0 Å². The van der Waals surface area contributed by atoms with Crippen LogP contribution in [0.1, 0.15) is 71.2 Å². The number of rotatable bonds is 7. The minimum atomic E-state index is -0.290. The lowest BCUT2D eigenvalue weighted by molar-refractivity contribution is 0.0928. The summed E-state index contributed by atoms with van der Waals surface area (Å²) in [4.78, 5) is 28.1. The molecule has 0 unspecified atom stereocenters. The SMILES string of the molecule is Cc1cnc([C@@H](C)NC(=O)c2cccc(-c3ncc(C4CCC4)s3)c2O[C@@H]2CCOC2)cn1. The van der Waals surface area contributed by atoms with Crippen molar-refractivity contribution < 1.29 is 14.3 Å². The minimum Gasteiger partial charge on any atom is -0.486 e. The van der Waals surface area contributed by atoms with Gasteiger partial charge in [0.1, 0.15) is 16.9 Å². The second kappa shape index (κ2) is 9.57. The molecule has 0 spiro atoms. The molecule has 1 aromatic carbocycles. The van der Waals surface area contributed by atoms with Crippen molar-refractivity contribution in [1.82, 2.24) is 20.3 Å². The van der Waals surface area contributed by atoms with Crippen LogP contribution in [0, 0.1) is 6.92 Å². The van der Waals surface area contributed by atoms with E-state index >= 15 is 0 Å². The van der Waals surface area contributed by atoms with Gasteiger partial charge < -0.3 is 14.8 Å². The van der Waals surface area contributed by atoms with E-state index in [0.29, 0.717) is 36.1 Å². The van der Waals surface area contributed by atoms with Gasteiger partial charge in [0.05, 0.1) is 48.0 Å². The van der Waals surface area contributed by atoms with Gasteiger partial charge in [0.2, 0.25) is 0 Å². The summed E-state index contributed by atoms with van der Waals surface area (Å²) in [5.74, 6) is 0.977. The van der Waals surface area contributed by atoms with E-state index in [2.05, 4.69) is 15.3 Å². The number of nitrogens with one attached hydrogen (secondary N) is 1. The molecule has 7 nitrogen and oxygen atoms in total. The maximum absolute atomic E-state index is 13.4. The lowest BCUT2D eigenvalue weighted by atomic mass is 9.85. The number of hydrogen-bond donors (Lipinski definition) is 1. The predicted octanol–water partition coefficient (Wildman–Crippen LogP) is 4.83. The van der Waals surface area contributed by atoms with Gasteiger partial charge in [-0.3, -0.25) is 14.8 Å². The summed E-state index contributed by atoms with van der Waals surface area (Å²) in [5, 5.41) is 3.93. The number of para-hydroxylation sites is 1. The second-order valence-corrected chi connectivity index (χ2v) is 9.82. The topological polar surface area (TPSA) is 86.2 Å². The molecule has 1 aliphatic heterocycles. The van der Waals surface area contributed by atoms with Crippen LogP contribution in [0.3, 0.4) is 0 Å². The zero-order valence-corrected chi connectivity index (χ0v) is 19.7. The van der Waals surface area contributed by atoms with Crippen molar-refractivity contribution in [1.29, 1.82) is 0 Å². The summed E-state index contributed by atoms with van der Waals surface area (Å²) >= 11 is 1.70. The van der Waals surface area contributed by atoms with Crippen LogP contribution < -0.4 is 10.1 Å². The Morgan fingerprint density at radius 2 is 2.06 bits per heavy atom. The molecule has 8 heteroatoms.